The number of anilines is 3. The minimum atomic E-state index is -0.234. The molecular formula is C22H29N5O. The smallest absolute Gasteiger partial charge is 0.275 e. The van der Waals surface area contributed by atoms with Gasteiger partial charge in [0.05, 0.1) is 12.4 Å². The third-order valence-electron chi connectivity index (χ3n) is 5.69. The number of nitrogens with zero attached hydrogens (tertiary/aromatic N) is 3. The molecule has 6 heteroatoms. The lowest BCUT2D eigenvalue weighted by molar-refractivity contribution is 0.102. The molecule has 148 valence electrons. The fraction of sp³-hybridized carbons (Fsp3) is 0.500. The van der Waals surface area contributed by atoms with Crippen molar-refractivity contribution in [3.63, 3.8) is 0 Å². The van der Waals surface area contributed by atoms with E-state index < -0.39 is 0 Å². The Morgan fingerprint density at radius 2 is 1.61 bits per heavy atom. The van der Waals surface area contributed by atoms with E-state index in [-0.39, 0.29) is 5.91 Å². The van der Waals surface area contributed by atoms with Gasteiger partial charge >= 0.3 is 0 Å². The maximum absolute atomic E-state index is 12.5. The molecule has 1 saturated carbocycles. The van der Waals surface area contributed by atoms with E-state index in [2.05, 4.69) is 37.6 Å². The summed E-state index contributed by atoms with van der Waals surface area (Å²) in [6, 6.07) is 8.48. The van der Waals surface area contributed by atoms with Crippen LogP contribution in [0.25, 0.3) is 0 Å². The van der Waals surface area contributed by atoms with Gasteiger partial charge in [-0.25, -0.2) is 9.97 Å². The minimum Gasteiger partial charge on any atom is -0.372 e. The maximum atomic E-state index is 12.5. The second-order valence-electron chi connectivity index (χ2n) is 7.81. The molecule has 2 aromatic rings. The Morgan fingerprint density at radius 3 is 2.25 bits per heavy atom. The third kappa shape index (κ3) is 4.80. The minimum absolute atomic E-state index is 0.234. The molecule has 0 radical (unpaired) electrons. The Balaban J connectivity index is 1.32. The molecule has 4 rings (SSSR count). The molecule has 0 unspecified atom stereocenters. The molecule has 1 aliphatic carbocycles. The molecule has 1 amide bonds. The number of amides is 1. The van der Waals surface area contributed by atoms with Gasteiger partial charge in [0.2, 0.25) is 0 Å². The van der Waals surface area contributed by atoms with Crippen molar-refractivity contribution in [1.29, 1.82) is 0 Å². The van der Waals surface area contributed by atoms with E-state index in [0.29, 0.717) is 11.7 Å². The van der Waals surface area contributed by atoms with E-state index in [0.717, 1.165) is 24.6 Å². The van der Waals surface area contributed by atoms with Crippen molar-refractivity contribution in [3.05, 3.63) is 42.4 Å². The largest absolute Gasteiger partial charge is 0.372 e. The van der Waals surface area contributed by atoms with Crippen LogP contribution in [0.15, 0.2) is 36.7 Å². The molecule has 0 atom stereocenters. The zero-order valence-corrected chi connectivity index (χ0v) is 16.4. The van der Waals surface area contributed by atoms with Crippen LogP contribution in [-0.4, -0.2) is 35.0 Å². The van der Waals surface area contributed by atoms with E-state index in [1.165, 1.54) is 57.1 Å². The first-order valence-corrected chi connectivity index (χ1v) is 10.5. The number of hydrogen-bond acceptors (Lipinski definition) is 5. The summed E-state index contributed by atoms with van der Waals surface area (Å²) in [5, 5.41) is 6.36. The van der Waals surface area contributed by atoms with Gasteiger partial charge in [0.25, 0.3) is 5.91 Å². The average molecular weight is 380 g/mol. The van der Waals surface area contributed by atoms with Crippen LogP contribution >= 0.6 is 0 Å². The SMILES string of the molecule is O=C(Nc1ccc(N2CCCC2)cc1)c1cnc(NC2CCCCCC2)cn1. The van der Waals surface area contributed by atoms with Crippen LogP contribution < -0.4 is 15.5 Å². The standard InChI is InChI=1S/C22H29N5O/c28-22(26-18-9-11-19(12-10-18)27-13-5-6-14-27)20-15-24-21(16-23-20)25-17-7-3-1-2-4-8-17/h9-12,15-17H,1-8,13-14H2,(H,24,25)(H,26,28). The highest BCUT2D eigenvalue weighted by Gasteiger charge is 2.15. The van der Waals surface area contributed by atoms with Gasteiger partial charge in [-0.1, -0.05) is 25.7 Å². The van der Waals surface area contributed by atoms with Gasteiger partial charge < -0.3 is 15.5 Å². The Bertz CT molecular complexity index is 761. The molecule has 2 N–H and O–H groups in total. The number of nitrogens with one attached hydrogen (secondary N) is 2. The van der Waals surface area contributed by atoms with Crippen molar-refractivity contribution in [2.24, 2.45) is 0 Å². The summed E-state index contributed by atoms with van der Waals surface area (Å²) in [4.78, 5) is 23.5. The molecule has 2 aliphatic rings. The van der Waals surface area contributed by atoms with Crippen molar-refractivity contribution in [1.82, 2.24) is 9.97 Å². The van der Waals surface area contributed by atoms with Gasteiger partial charge in [-0.15, -0.1) is 0 Å². The highest BCUT2D eigenvalue weighted by atomic mass is 16.1. The number of benzene rings is 1. The average Bonchev–Trinajstić information content (AvgIpc) is 3.14. The van der Waals surface area contributed by atoms with Gasteiger partial charge in [0.1, 0.15) is 11.5 Å². The molecule has 6 nitrogen and oxygen atoms in total. The summed E-state index contributed by atoms with van der Waals surface area (Å²) in [5.74, 6) is 0.515. The van der Waals surface area contributed by atoms with E-state index in [1.54, 1.807) is 12.4 Å². The maximum Gasteiger partial charge on any atom is 0.275 e. The zero-order valence-electron chi connectivity index (χ0n) is 16.4. The predicted octanol–water partition coefficient (Wildman–Crippen LogP) is 4.46. The molecule has 1 saturated heterocycles. The molecule has 1 aromatic heterocycles. The molecule has 1 aliphatic heterocycles. The summed E-state index contributed by atoms with van der Waals surface area (Å²) in [5.41, 5.74) is 2.31. The van der Waals surface area contributed by atoms with Crippen LogP contribution in [0.5, 0.6) is 0 Å². The molecule has 28 heavy (non-hydrogen) atoms. The Hall–Kier alpha value is -2.63. The number of carbonyl (C=O) groups excluding carboxylic acids is 1. The topological polar surface area (TPSA) is 70.2 Å². The van der Waals surface area contributed by atoms with E-state index in [1.807, 2.05) is 12.1 Å². The van der Waals surface area contributed by atoms with Crippen molar-refractivity contribution in [2.75, 3.05) is 28.6 Å². The van der Waals surface area contributed by atoms with E-state index >= 15 is 0 Å². The quantitative estimate of drug-likeness (QED) is 0.751. The highest BCUT2D eigenvalue weighted by Crippen LogP contribution is 2.23. The summed E-state index contributed by atoms with van der Waals surface area (Å²) in [7, 11) is 0. The highest BCUT2D eigenvalue weighted by molar-refractivity contribution is 6.02. The normalized spacial score (nSPS) is 17.9. The molecular weight excluding hydrogens is 350 g/mol. The monoisotopic (exact) mass is 379 g/mol. The number of hydrogen-bond donors (Lipinski definition) is 2. The first-order valence-electron chi connectivity index (χ1n) is 10.5. The fourth-order valence-electron chi connectivity index (χ4n) is 4.08. The number of rotatable bonds is 5. The van der Waals surface area contributed by atoms with Crippen molar-refractivity contribution >= 4 is 23.1 Å². The first kappa shape index (κ1) is 18.7. The Labute approximate surface area is 166 Å². The van der Waals surface area contributed by atoms with Crippen LogP contribution in [0, 0.1) is 0 Å². The predicted molar refractivity (Wildman–Crippen MR) is 113 cm³/mol. The Kier molecular flexibility index (Phi) is 6.04. The van der Waals surface area contributed by atoms with Gasteiger partial charge in [0, 0.05) is 30.5 Å². The van der Waals surface area contributed by atoms with Crippen LogP contribution in [0.1, 0.15) is 61.9 Å². The van der Waals surface area contributed by atoms with Crippen molar-refractivity contribution in [2.45, 2.75) is 57.4 Å². The summed E-state index contributed by atoms with van der Waals surface area (Å²) in [6.45, 7) is 2.23. The molecule has 2 fully saturated rings. The Morgan fingerprint density at radius 1 is 0.893 bits per heavy atom. The lowest BCUT2D eigenvalue weighted by Gasteiger charge is -2.18. The van der Waals surface area contributed by atoms with Crippen LogP contribution in [0.3, 0.4) is 0 Å². The van der Waals surface area contributed by atoms with Gasteiger partial charge in [-0.05, 0) is 49.9 Å². The summed E-state index contributed by atoms with van der Waals surface area (Å²) in [6.07, 6.45) is 13.2. The second-order valence-corrected chi connectivity index (χ2v) is 7.81. The molecule has 1 aromatic carbocycles. The van der Waals surface area contributed by atoms with Crippen molar-refractivity contribution < 1.29 is 4.79 Å². The molecule has 0 bridgehead atoms. The summed E-state index contributed by atoms with van der Waals surface area (Å²) >= 11 is 0. The molecule has 2 heterocycles. The molecule has 0 spiro atoms. The third-order valence-corrected chi connectivity index (χ3v) is 5.69. The van der Waals surface area contributed by atoms with E-state index in [9.17, 15) is 4.79 Å². The van der Waals surface area contributed by atoms with E-state index in [4.69, 9.17) is 0 Å². The van der Waals surface area contributed by atoms with Gasteiger partial charge in [-0.2, -0.15) is 0 Å². The van der Waals surface area contributed by atoms with Crippen LogP contribution in [0.4, 0.5) is 17.2 Å². The van der Waals surface area contributed by atoms with Crippen LogP contribution in [-0.2, 0) is 0 Å². The lowest BCUT2D eigenvalue weighted by atomic mass is 10.1. The van der Waals surface area contributed by atoms with Gasteiger partial charge in [0.15, 0.2) is 0 Å². The number of aromatic nitrogens is 2. The van der Waals surface area contributed by atoms with Gasteiger partial charge in [-0.3, -0.25) is 4.79 Å². The van der Waals surface area contributed by atoms with Crippen LogP contribution in [0.2, 0.25) is 0 Å². The first-order chi connectivity index (χ1) is 13.8. The van der Waals surface area contributed by atoms with Crippen molar-refractivity contribution in [3.8, 4) is 0 Å². The number of carbonyl (C=O) groups is 1. The summed E-state index contributed by atoms with van der Waals surface area (Å²) < 4.78 is 0. The fourth-order valence-corrected chi connectivity index (χ4v) is 4.08. The second kappa shape index (κ2) is 9.04. The zero-order chi connectivity index (χ0) is 19.2. The lowest BCUT2D eigenvalue weighted by Crippen LogP contribution is -2.20.